The van der Waals surface area contributed by atoms with Crippen molar-refractivity contribution in [1.29, 1.82) is 0 Å². The molecule has 0 atom stereocenters. The topological polar surface area (TPSA) is 0 Å². The summed E-state index contributed by atoms with van der Waals surface area (Å²) < 4.78 is 0. The molecule has 0 aliphatic heterocycles. The van der Waals surface area contributed by atoms with Gasteiger partial charge in [-0.15, -0.1) is 39.7 Å². The largest absolute Gasteiger partial charge is 0.214 e. The van der Waals surface area contributed by atoms with Crippen molar-refractivity contribution in [3.63, 3.8) is 0 Å². The van der Waals surface area contributed by atoms with E-state index < -0.39 is 5.43 Å². The van der Waals surface area contributed by atoms with Crippen LogP contribution in [0.5, 0.6) is 0 Å². The number of fused-ring (bicyclic) bond motifs is 3. The van der Waals surface area contributed by atoms with E-state index in [2.05, 4.69) is 195 Å². The van der Waals surface area contributed by atoms with Gasteiger partial charge in [0, 0.05) is 0 Å². The van der Waals surface area contributed by atoms with Crippen molar-refractivity contribution in [3.8, 4) is 22.3 Å². The Balaban J connectivity index is 0.000000195. The van der Waals surface area contributed by atoms with Crippen LogP contribution in [0.4, 0.5) is 0 Å². The molecule has 0 bridgehead atoms. The van der Waals surface area contributed by atoms with Gasteiger partial charge in [0.2, 0.25) is 0 Å². The summed E-state index contributed by atoms with van der Waals surface area (Å²) in [6.07, 6.45) is 0. The van der Waals surface area contributed by atoms with E-state index in [0.717, 1.165) is 0 Å². The summed E-state index contributed by atoms with van der Waals surface area (Å²) in [6.45, 7) is 18.2. The van der Waals surface area contributed by atoms with Crippen LogP contribution in [0.2, 0.25) is 0 Å². The number of hydrogen-bond donors (Lipinski definition) is 0. The van der Waals surface area contributed by atoms with E-state index in [4.69, 9.17) is 0 Å². The standard InChI is InChI=1S/C33H33.C14H14Si.C5H5.Zr/c1-32(2,3)30-20-26-24(18-28(30)22-13-9-7-10-14-22)17-25-19-29(23-15-11-8-12-16-23)31(21-27(25)26)33(4,5)6;1-11-3-7-13(8-4-11)15-14-9-5-12(2)6-10-14;1-2-4-5-3-1;/h7-21H,1-6H3;3-10H,1-2H3;1-5H;/q-1;;-1;+2. The monoisotopic (exact) mass is 794 g/mol. The molecule has 0 fully saturated rings. The Morgan fingerprint density at radius 3 is 1.15 bits per heavy atom. The zero-order valence-electron chi connectivity index (χ0n) is 33.2. The minimum atomic E-state index is -0.488. The van der Waals surface area contributed by atoms with Gasteiger partial charge in [0.1, 0.15) is 0 Å². The molecule has 2 heteroatoms. The van der Waals surface area contributed by atoms with Gasteiger partial charge in [-0.1, -0.05) is 114 Å². The SMILES string of the molecule is CC(C)(C)c1cc2c(cc1-c1ccccc1)[cH-]c1cc(-c3ccccc3)c(C(C)(C)C)cc12.Cc1ccc([Si](=[Zr+2])c2ccc(C)cc2)cc1.c1cc[cH-]c1. The minimum Gasteiger partial charge on any atom is -0.214 e. The molecule has 268 valence electrons. The average molecular weight is 796 g/mol. The third kappa shape index (κ3) is 9.46. The normalized spacial score (nSPS) is 11.4. The van der Waals surface area contributed by atoms with Gasteiger partial charge in [0.25, 0.3) is 0 Å². The maximum Gasteiger partial charge on any atom is -0.172 e. The molecule has 54 heavy (non-hydrogen) atoms. The molecule has 0 nitrogen and oxygen atoms in total. The molecule has 0 heterocycles. The van der Waals surface area contributed by atoms with Crippen molar-refractivity contribution in [2.45, 2.75) is 66.2 Å². The second-order valence-electron chi connectivity index (χ2n) is 16.4. The minimum absolute atomic E-state index is 0.0554. The summed E-state index contributed by atoms with van der Waals surface area (Å²) in [5.74, 6) is 0. The summed E-state index contributed by atoms with van der Waals surface area (Å²) in [5, 5.41) is 8.42. The van der Waals surface area contributed by atoms with Crippen molar-refractivity contribution < 1.29 is 23.3 Å². The molecule has 0 unspecified atom stereocenters. The molecule has 0 amide bonds. The maximum absolute atomic E-state index is 2.45. The number of rotatable bonds is 4. The second kappa shape index (κ2) is 17.0. The van der Waals surface area contributed by atoms with Gasteiger partial charge in [-0.3, -0.25) is 0 Å². The van der Waals surface area contributed by atoms with E-state index in [-0.39, 0.29) is 10.8 Å². The first kappa shape index (κ1) is 39.3. The van der Waals surface area contributed by atoms with Crippen LogP contribution in [0.1, 0.15) is 63.8 Å². The fourth-order valence-electron chi connectivity index (χ4n) is 6.99. The van der Waals surface area contributed by atoms with Crippen molar-refractivity contribution in [3.05, 3.63) is 192 Å². The van der Waals surface area contributed by atoms with Gasteiger partial charge >= 0.3 is 113 Å². The molecule has 0 saturated heterocycles. The van der Waals surface area contributed by atoms with Gasteiger partial charge in [0.15, 0.2) is 0 Å². The van der Waals surface area contributed by atoms with E-state index in [1.807, 2.05) is 30.3 Å². The zero-order chi connectivity index (χ0) is 38.5. The van der Waals surface area contributed by atoms with Crippen molar-refractivity contribution in [2.75, 3.05) is 0 Å². The molecule has 0 saturated carbocycles. The Morgan fingerprint density at radius 2 is 0.833 bits per heavy atom. The van der Waals surface area contributed by atoms with E-state index in [0.29, 0.717) is 0 Å². The molecule has 0 aromatic heterocycles. The van der Waals surface area contributed by atoms with Crippen LogP contribution in [0.3, 0.4) is 0 Å². The van der Waals surface area contributed by atoms with Crippen LogP contribution >= 0.6 is 0 Å². The van der Waals surface area contributed by atoms with E-state index in [1.54, 1.807) is 23.3 Å². The van der Waals surface area contributed by atoms with Crippen LogP contribution in [0, 0.1) is 13.8 Å². The van der Waals surface area contributed by atoms with Crippen molar-refractivity contribution >= 4 is 37.4 Å². The van der Waals surface area contributed by atoms with E-state index >= 15 is 0 Å². The van der Waals surface area contributed by atoms with Crippen LogP contribution in [-0.4, -0.2) is 5.43 Å². The summed E-state index contributed by atoms with van der Waals surface area (Å²) >= 11 is 1.65. The maximum atomic E-state index is 2.45. The smallest absolute Gasteiger partial charge is 0.172 e. The summed E-state index contributed by atoms with van der Waals surface area (Å²) in [4.78, 5) is 0. The van der Waals surface area contributed by atoms with Crippen LogP contribution in [0.25, 0.3) is 43.8 Å². The van der Waals surface area contributed by atoms with Crippen LogP contribution in [0.15, 0.2) is 170 Å². The summed E-state index contributed by atoms with van der Waals surface area (Å²) in [5.41, 5.74) is 10.4. The number of hydrogen-bond acceptors (Lipinski definition) is 0. The molecule has 0 N–H and O–H groups in total. The predicted octanol–water partition coefficient (Wildman–Crippen LogP) is 13.0. The van der Waals surface area contributed by atoms with Gasteiger partial charge in [-0.05, 0) is 44.2 Å². The van der Waals surface area contributed by atoms with E-state index in [9.17, 15) is 0 Å². The third-order valence-corrected chi connectivity index (χ3v) is 16.1. The van der Waals surface area contributed by atoms with Gasteiger partial charge < -0.3 is 0 Å². The van der Waals surface area contributed by atoms with Crippen molar-refractivity contribution in [2.24, 2.45) is 0 Å². The molecule has 8 aromatic rings. The number of benzene rings is 6. The fraction of sp³-hybridized carbons (Fsp3) is 0.192. The molecule has 8 rings (SSSR count). The van der Waals surface area contributed by atoms with Gasteiger partial charge in [-0.2, -0.15) is 18.2 Å². The fourth-order valence-corrected chi connectivity index (χ4v) is 10.8. The Bertz CT molecular complexity index is 2260. The molecular formula is C52H52SiZr. The first-order valence-corrected chi connectivity index (χ1v) is 24.2. The van der Waals surface area contributed by atoms with Crippen LogP contribution in [-0.2, 0) is 34.2 Å². The Kier molecular flexibility index (Phi) is 12.4. The Hall–Kier alpha value is -4.36. The molecule has 0 radical (unpaired) electrons. The molecule has 0 aliphatic carbocycles. The summed E-state index contributed by atoms with van der Waals surface area (Å²) in [6, 6.07) is 61.8. The quantitative estimate of drug-likeness (QED) is 0.123. The Labute approximate surface area is 339 Å². The second-order valence-corrected chi connectivity index (χ2v) is 22.0. The molecule has 0 spiro atoms. The Morgan fingerprint density at radius 1 is 0.463 bits per heavy atom. The first-order valence-electron chi connectivity index (χ1n) is 19.0. The van der Waals surface area contributed by atoms with Crippen molar-refractivity contribution in [1.82, 2.24) is 0 Å². The molecule has 8 aromatic carbocycles. The van der Waals surface area contributed by atoms with E-state index in [1.165, 1.54) is 76.4 Å². The molecule has 0 aliphatic rings. The van der Waals surface area contributed by atoms with Gasteiger partial charge in [-0.25, -0.2) is 12.1 Å². The van der Waals surface area contributed by atoms with Crippen LogP contribution < -0.4 is 10.4 Å². The first-order chi connectivity index (χ1) is 25.8. The third-order valence-electron chi connectivity index (χ3n) is 10.0. The van der Waals surface area contributed by atoms with Gasteiger partial charge in [0.05, 0.1) is 0 Å². The predicted molar refractivity (Wildman–Crippen MR) is 235 cm³/mol. The molecular weight excluding hydrogens is 744 g/mol. The summed E-state index contributed by atoms with van der Waals surface area (Å²) in [7, 11) is 0. The average Bonchev–Trinajstić information content (AvgIpc) is 3.86. The zero-order valence-corrected chi connectivity index (χ0v) is 36.6. The number of aryl methyl sites for hydroxylation is 2.